The standard InChI is InChI=1S/C13H24.C9H20.C8H16.C7H17N.C7H8O.C5H13N.C4H10O.C3H9N.C2H6O/c1-11-7-9-13(10-8-11)12-5-3-2-4-6-12;1-7-9(5,6)8(2,3)4;1-3-8(2)6-4-5-7-8;1-6(2)8(5)7(3)4;1-8-7-5-3-2-4-6-7;1-5(2)6(3)4;1-4(2)5-3;1-4(2)3;1-3-2/h11-13H,2-10H2,1H3;7H2,1-6H3;3-7H2,1-2H3;6-7H,1-5H3;2-6H,1H3;5H,1-4H3;4H,1-3H3;1-3H3;1-2H3. The monoisotopic (exact) mass is 910 g/mol. The molecular weight excluding hydrogens is 787 g/mol. The summed E-state index contributed by atoms with van der Waals surface area (Å²) >= 11 is 0. The van der Waals surface area contributed by atoms with Gasteiger partial charge in [0.05, 0.1) is 13.2 Å². The Bertz CT molecular complexity index is 1030. The smallest absolute Gasteiger partial charge is 0.118 e. The summed E-state index contributed by atoms with van der Waals surface area (Å²) in [5.41, 5.74) is 1.66. The molecule has 1 aromatic rings. The van der Waals surface area contributed by atoms with E-state index in [0.717, 1.165) is 28.9 Å². The molecule has 0 aromatic heterocycles. The summed E-state index contributed by atoms with van der Waals surface area (Å²) in [5.74, 6) is 4.19. The second-order valence-electron chi connectivity index (χ2n) is 22.7. The molecule has 6 heteroatoms. The third kappa shape index (κ3) is 46.0. The molecule has 0 unspecified atom stereocenters. The summed E-state index contributed by atoms with van der Waals surface area (Å²) in [6.07, 6.45) is 22.7. The van der Waals surface area contributed by atoms with E-state index in [1.807, 2.05) is 70.2 Å². The molecule has 6 nitrogen and oxygen atoms in total. The fourth-order valence-corrected chi connectivity index (χ4v) is 6.63. The predicted molar refractivity (Wildman–Crippen MR) is 293 cm³/mol. The summed E-state index contributed by atoms with van der Waals surface area (Å²) in [7, 11) is 18.9. The maximum atomic E-state index is 4.91. The zero-order valence-corrected chi connectivity index (χ0v) is 49.1. The van der Waals surface area contributed by atoms with Crippen molar-refractivity contribution < 1.29 is 14.2 Å². The molecule has 0 saturated heterocycles. The Morgan fingerprint density at radius 3 is 1.17 bits per heavy atom. The van der Waals surface area contributed by atoms with E-state index in [1.54, 1.807) is 54.1 Å². The molecule has 0 heterocycles. The van der Waals surface area contributed by atoms with Crippen LogP contribution < -0.4 is 4.74 Å². The number of para-hydroxylation sites is 1. The van der Waals surface area contributed by atoms with E-state index in [1.165, 1.54) is 70.6 Å². The van der Waals surface area contributed by atoms with Gasteiger partial charge in [-0.05, 0) is 169 Å². The lowest BCUT2D eigenvalue weighted by atomic mass is 9.68. The zero-order valence-electron chi connectivity index (χ0n) is 49.1. The molecular formula is C58H123N3O3. The van der Waals surface area contributed by atoms with Crippen molar-refractivity contribution in [3.05, 3.63) is 30.3 Å². The lowest BCUT2D eigenvalue weighted by Crippen LogP contribution is -2.32. The van der Waals surface area contributed by atoms with Gasteiger partial charge in [-0.25, -0.2) is 0 Å². The molecule has 0 bridgehead atoms. The van der Waals surface area contributed by atoms with Gasteiger partial charge in [0, 0.05) is 39.5 Å². The summed E-state index contributed by atoms with van der Waals surface area (Å²) in [5, 5.41) is 0. The Morgan fingerprint density at radius 2 is 0.969 bits per heavy atom. The molecule has 0 radical (unpaired) electrons. The van der Waals surface area contributed by atoms with Gasteiger partial charge in [-0.2, -0.15) is 0 Å². The van der Waals surface area contributed by atoms with Gasteiger partial charge < -0.3 is 28.9 Å². The van der Waals surface area contributed by atoms with Gasteiger partial charge >= 0.3 is 0 Å². The average Bonchev–Trinajstić information content (AvgIpc) is 3.69. The predicted octanol–water partition coefficient (Wildman–Crippen LogP) is 16.7. The average molecular weight is 911 g/mol. The maximum absolute atomic E-state index is 4.91. The quantitative estimate of drug-likeness (QED) is 0.259. The van der Waals surface area contributed by atoms with Crippen LogP contribution in [0.15, 0.2) is 30.3 Å². The van der Waals surface area contributed by atoms with Crippen molar-refractivity contribution in [1.82, 2.24) is 14.7 Å². The topological polar surface area (TPSA) is 37.4 Å². The normalized spacial score (nSPS) is 18.1. The number of methoxy groups -OCH3 is 3. The van der Waals surface area contributed by atoms with Crippen LogP contribution in [0, 0.1) is 34.0 Å². The Kier molecular flexibility index (Phi) is 48.4. The first-order chi connectivity index (χ1) is 29.5. The minimum atomic E-state index is 0.384. The van der Waals surface area contributed by atoms with E-state index in [9.17, 15) is 0 Å². The first kappa shape index (κ1) is 71.8. The van der Waals surface area contributed by atoms with Crippen LogP contribution in [0.4, 0.5) is 0 Å². The van der Waals surface area contributed by atoms with E-state index in [4.69, 9.17) is 9.47 Å². The van der Waals surface area contributed by atoms with Crippen molar-refractivity contribution in [2.24, 2.45) is 34.0 Å². The minimum absolute atomic E-state index is 0.384. The number of hydrogen-bond acceptors (Lipinski definition) is 6. The number of rotatable bonds is 8. The fourth-order valence-electron chi connectivity index (χ4n) is 6.63. The highest BCUT2D eigenvalue weighted by Crippen LogP contribution is 2.41. The summed E-state index contributed by atoms with van der Waals surface area (Å²) in [6, 6.07) is 11.7. The first-order valence-electron chi connectivity index (χ1n) is 26.0. The highest BCUT2D eigenvalue weighted by Gasteiger charge is 2.30. The van der Waals surface area contributed by atoms with Gasteiger partial charge in [-0.1, -0.05) is 151 Å². The van der Waals surface area contributed by atoms with Gasteiger partial charge in [-0.15, -0.1) is 0 Å². The van der Waals surface area contributed by atoms with Crippen molar-refractivity contribution in [3.8, 4) is 5.75 Å². The van der Waals surface area contributed by atoms with Crippen molar-refractivity contribution in [2.75, 3.05) is 70.7 Å². The van der Waals surface area contributed by atoms with Crippen LogP contribution in [0.2, 0.25) is 0 Å². The van der Waals surface area contributed by atoms with E-state index >= 15 is 0 Å². The number of nitrogens with zero attached hydrogens (tertiary/aromatic N) is 3. The summed E-state index contributed by atoms with van der Waals surface area (Å²) < 4.78 is 13.9. The Labute approximate surface area is 406 Å². The van der Waals surface area contributed by atoms with Gasteiger partial charge in [0.2, 0.25) is 0 Å². The van der Waals surface area contributed by atoms with Crippen LogP contribution >= 0.6 is 0 Å². The molecule has 3 aliphatic rings. The number of benzene rings is 1. The largest absolute Gasteiger partial charge is 0.497 e. The summed E-state index contributed by atoms with van der Waals surface area (Å²) in [6.45, 7) is 38.1. The third-order valence-corrected chi connectivity index (χ3v) is 14.1. The molecule has 3 saturated carbocycles. The van der Waals surface area contributed by atoms with Crippen LogP contribution in [0.1, 0.15) is 214 Å². The highest BCUT2D eigenvalue weighted by molar-refractivity contribution is 5.20. The molecule has 0 N–H and O–H groups in total. The van der Waals surface area contributed by atoms with E-state index in [0.29, 0.717) is 35.1 Å². The molecule has 0 atom stereocenters. The third-order valence-electron chi connectivity index (χ3n) is 14.1. The van der Waals surface area contributed by atoms with Crippen LogP contribution in [0.25, 0.3) is 0 Å². The van der Waals surface area contributed by atoms with Crippen molar-refractivity contribution >= 4 is 0 Å². The molecule has 1 aromatic carbocycles. The van der Waals surface area contributed by atoms with Crippen LogP contribution in [0.3, 0.4) is 0 Å². The SMILES string of the molecule is CC(C)N(C)C.CC(C)N(C)C(C)C.CC1CCC(C2CCCCC2)CC1.CCC(C)(C)C(C)(C)C.CCC1(C)CCCC1.CN(C)C.COC.COC(C)C.COc1ccccc1. The minimum Gasteiger partial charge on any atom is -0.497 e. The lowest BCUT2D eigenvalue weighted by Gasteiger charge is -2.37. The van der Waals surface area contributed by atoms with E-state index < -0.39 is 0 Å². The molecule has 388 valence electrons. The second kappa shape index (κ2) is 43.1. The number of ether oxygens (including phenoxy) is 3. The van der Waals surface area contributed by atoms with Gasteiger partial charge in [0.25, 0.3) is 0 Å². The molecule has 4 rings (SSSR count). The fraction of sp³-hybridized carbons (Fsp3) is 0.897. The lowest BCUT2D eigenvalue weighted by molar-refractivity contribution is 0.126. The van der Waals surface area contributed by atoms with Crippen LogP contribution in [0.5, 0.6) is 5.75 Å². The Hall–Kier alpha value is -1.18. The second-order valence-corrected chi connectivity index (χ2v) is 22.7. The molecule has 0 spiro atoms. The van der Waals surface area contributed by atoms with Crippen molar-refractivity contribution in [1.29, 1.82) is 0 Å². The molecule has 0 aliphatic heterocycles. The number of hydrogen-bond donors (Lipinski definition) is 0. The zero-order chi connectivity index (χ0) is 51.1. The van der Waals surface area contributed by atoms with E-state index in [-0.39, 0.29) is 0 Å². The summed E-state index contributed by atoms with van der Waals surface area (Å²) in [4.78, 5) is 6.50. The van der Waals surface area contributed by atoms with Gasteiger partial charge in [-0.3, -0.25) is 0 Å². The van der Waals surface area contributed by atoms with Gasteiger partial charge in [0.15, 0.2) is 0 Å². The van der Waals surface area contributed by atoms with Gasteiger partial charge in [0.1, 0.15) is 5.75 Å². The Morgan fingerprint density at radius 1 is 0.609 bits per heavy atom. The van der Waals surface area contributed by atoms with Crippen LogP contribution in [-0.4, -0.2) is 110 Å². The van der Waals surface area contributed by atoms with E-state index in [2.05, 4.69) is 140 Å². The molecule has 3 aliphatic carbocycles. The Balaban J connectivity index is -0.000000210. The molecule has 64 heavy (non-hydrogen) atoms. The van der Waals surface area contributed by atoms with Crippen molar-refractivity contribution in [3.63, 3.8) is 0 Å². The first-order valence-corrected chi connectivity index (χ1v) is 26.0. The van der Waals surface area contributed by atoms with Crippen LogP contribution in [-0.2, 0) is 9.47 Å². The molecule has 3 fully saturated rings. The maximum Gasteiger partial charge on any atom is 0.118 e. The highest BCUT2D eigenvalue weighted by atomic mass is 16.5. The molecule has 0 amide bonds. The van der Waals surface area contributed by atoms with Crippen molar-refractivity contribution in [2.45, 2.75) is 238 Å².